The molecule has 1 heterocycles. The second kappa shape index (κ2) is 5.60. The summed E-state index contributed by atoms with van der Waals surface area (Å²) >= 11 is 0. The first-order valence-electron chi connectivity index (χ1n) is 6.26. The molecule has 0 spiro atoms. The predicted octanol–water partition coefficient (Wildman–Crippen LogP) is -0.396. The van der Waals surface area contributed by atoms with Gasteiger partial charge in [0.15, 0.2) is 0 Å². The summed E-state index contributed by atoms with van der Waals surface area (Å²) in [4.78, 5) is 12.3. The molecular formula is C12H18N4O4S. The van der Waals surface area contributed by atoms with Gasteiger partial charge in [0.25, 0.3) is 10.2 Å². The van der Waals surface area contributed by atoms with Gasteiger partial charge >= 0.3 is 0 Å². The highest BCUT2D eigenvalue weighted by Gasteiger charge is 2.44. The summed E-state index contributed by atoms with van der Waals surface area (Å²) in [5, 5.41) is 7.60. The van der Waals surface area contributed by atoms with Crippen LogP contribution in [0, 0.1) is 5.41 Å². The summed E-state index contributed by atoms with van der Waals surface area (Å²) in [5.74, 6) is -0.278. The van der Waals surface area contributed by atoms with Crippen LogP contribution in [0.1, 0.15) is 6.92 Å². The lowest BCUT2D eigenvalue weighted by Gasteiger charge is -2.25. The van der Waals surface area contributed by atoms with Gasteiger partial charge in [-0.3, -0.25) is 9.52 Å². The van der Waals surface area contributed by atoms with E-state index in [2.05, 4.69) is 10.0 Å². The number of carbonyl (C=O) groups is 1. The van der Waals surface area contributed by atoms with Gasteiger partial charge in [-0.1, -0.05) is 6.07 Å². The van der Waals surface area contributed by atoms with E-state index in [4.69, 9.17) is 15.6 Å². The van der Waals surface area contributed by atoms with Crippen molar-refractivity contribution in [1.82, 2.24) is 0 Å². The highest BCUT2D eigenvalue weighted by molar-refractivity contribution is 7.90. The average molecular weight is 314 g/mol. The third kappa shape index (κ3) is 3.70. The summed E-state index contributed by atoms with van der Waals surface area (Å²) in [6.07, 6.45) is 0. The number of anilines is 2. The molecule has 1 aliphatic heterocycles. The van der Waals surface area contributed by atoms with Gasteiger partial charge in [0.2, 0.25) is 5.91 Å². The molecule has 2 atom stereocenters. The van der Waals surface area contributed by atoms with Crippen molar-refractivity contribution in [2.24, 2.45) is 16.3 Å². The molecular weight excluding hydrogens is 296 g/mol. The van der Waals surface area contributed by atoms with Crippen molar-refractivity contribution in [3.05, 3.63) is 24.3 Å². The van der Waals surface area contributed by atoms with Crippen molar-refractivity contribution in [2.45, 2.75) is 13.0 Å². The Balaban J connectivity index is 2.13. The van der Waals surface area contributed by atoms with Gasteiger partial charge in [-0.2, -0.15) is 8.42 Å². The number of ether oxygens (including phenoxy) is 1. The third-order valence-corrected chi connectivity index (χ3v) is 3.94. The molecule has 6 N–H and O–H groups in total. The van der Waals surface area contributed by atoms with E-state index < -0.39 is 15.6 Å². The molecule has 1 aromatic rings. The summed E-state index contributed by atoms with van der Waals surface area (Å²) in [6, 6.07) is 5.83. The van der Waals surface area contributed by atoms with Crippen LogP contribution >= 0.6 is 0 Å². The van der Waals surface area contributed by atoms with E-state index in [9.17, 15) is 13.2 Å². The largest absolute Gasteiger partial charge is 0.379 e. The fourth-order valence-electron chi connectivity index (χ4n) is 2.02. The van der Waals surface area contributed by atoms with E-state index in [0.29, 0.717) is 12.3 Å². The lowest BCUT2D eigenvalue weighted by Crippen LogP contribution is -2.47. The average Bonchev–Trinajstić information content (AvgIpc) is 2.69. The van der Waals surface area contributed by atoms with E-state index in [1.165, 1.54) is 12.1 Å². The molecule has 1 saturated heterocycles. The smallest absolute Gasteiger partial charge is 0.296 e. The Hall–Kier alpha value is -1.68. The Labute approximate surface area is 123 Å². The quantitative estimate of drug-likeness (QED) is 0.599. The van der Waals surface area contributed by atoms with Gasteiger partial charge < -0.3 is 15.8 Å². The van der Waals surface area contributed by atoms with Crippen LogP contribution in [-0.2, 0) is 19.7 Å². The molecule has 1 amide bonds. The molecule has 116 valence electrons. The first kappa shape index (κ1) is 15.7. The Morgan fingerprint density at radius 3 is 2.67 bits per heavy atom. The molecule has 0 radical (unpaired) electrons. The second-order valence-electron chi connectivity index (χ2n) is 5.22. The molecule has 0 saturated carbocycles. The normalized spacial score (nSPS) is 25.6. The van der Waals surface area contributed by atoms with Crippen LogP contribution in [0.5, 0.6) is 0 Å². The van der Waals surface area contributed by atoms with Gasteiger partial charge in [-0.05, 0) is 25.1 Å². The molecule has 1 aliphatic rings. The van der Waals surface area contributed by atoms with Crippen LogP contribution in [0.3, 0.4) is 0 Å². The molecule has 0 bridgehead atoms. The minimum Gasteiger partial charge on any atom is -0.379 e. The van der Waals surface area contributed by atoms with Crippen molar-refractivity contribution in [3.8, 4) is 0 Å². The van der Waals surface area contributed by atoms with Gasteiger partial charge in [0, 0.05) is 11.7 Å². The maximum absolute atomic E-state index is 12.3. The lowest BCUT2D eigenvalue weighted by molar-refractivity contribution is -0.125. The zero-order chi connectivity index (χ0) is 15.7. The first-order valence-corrected chi connectivity index (χ1v) is 7.81. The van der Waals surface area contributed by atoms with Crippen molar-refractivity contribution in [2.75, 3.05) is 23.3 Å². The first-order chi connectivity index (χ1) is 9.71. The van der Waals surface area contributed by atoms with Gasteiger partial charge in [-0.15, -0.1) is 0 Å². The number of amides is 1. The van der Waals surface area contributed by atoms with Crippen LogP contribution in [0.15, 0.2) is 24.3 Å². The van der Waals surface area contributed by atoms with Crippen LogP contribution in [-0.4, -0.2) is 33.6 Å². The van der Waals surface area contributed by atoms with Crippen molar-refractivity contribution >= 4 is 27.5 Å². The minimum atomic E-state index is -3.86. The topological polar surface area (TPSA) is 137 Å². The van der Waals surface area contributed by atoms with Gasteiger partial charge in [0.1, 0.15) is 0 Å². The molecule has 8 nitrogen and oxygen atoms in total. The van der Waals surface area contributed by atoms with E-state index >= 15 is 0 Å². The standard InChI is InChI=1S/C12H18N4O4S/c1-12(7-20-6-10(12)13)11(17)15-8-3-2-4-9(5-8)16-21(14,18)19/h2-5,10,16H,6-7,13H2,1H3,(H,15,17)(H2,14,18,19). The Morgan fingerprint density at radius 1 is 1.43 bits per heavy atom. The maximum Gasteiger partial charge on any atom is 0.296 e. The fourth-order valence-corrected chi connectivity index (χ4v) is 2.48. The van der Waals surface area contributed by atoms with Gasteiger partial charge in [0.05, 0.1) is 24.3 Å². The number of rotatable bonds is 4. The SMILES string of the molecule is CC1(C(=O)Nc2cccc(NS(N)(=O)=O)c2)COCC1N. The molecule has 0 aliphatic carbocycles. The summed E-state index contributed by atoms with van der Waals surface area (Å²) in [7, 11) is -3.86. The Kier molecular flexibility index (Phi) is 4.19. The monoisotopic (exact) mass is 314 g/mol. The van der Waals surface area contributed by atoms with E-state index in [-0.39, 0.29) is 24.2 Å². The number of hydrogen-bond acceptors (Lipinski definition) is 5. The van der Waals surface area contributed by atoms with E-state index in [1.54, 1.807) is 19.1 Å². The van der Waals surface area contributed by atoms with Crippen molar-refractivity contribution < 1.29 is 17.9 Å². The minimum absolute atomic E-state index is 0.245. The number of benzene rings is 1. The highest BCUT2D eigenvalue weighted by atomic mass is 32.2. The van der Waals surface area contributed by atoms with Crippen LogP contribution in [0.25, 0.3) is 0 Å². The number of nitrogens with one attached hydrogen (secondary N) is 2. The number of hydrogen-bond donors (Lipinski definition) is 4. The summed E-state index contributed by atoms with van der Waals surface area (Å²) < 4.78 is 29.3. The van der Waals surface area contributed by atoms with Crippen molar-refractivity contribution in [3.63, 3.8) is 0 Å². The lowest BCUT2D eigenvalue weighted by atomic mass is 9.85. The third-order valence-electron chi connectivity index (χ3n) is 3.42. The maximum atomic E-state index is 12.3. The van der Waals surface area contributed by atoms with Crippen molar-refractivity contribution in [1.29, 1.82) is 0 Å². The molecule has 2 unspecified atom stereocenters. The molecule has 9 heteroatoms. The summed E-state index contributed by atoms with van der Waals surface area (Å²) in [6.45, 7) is 2.30. The van der Waals surface area contributed by atoms with Gasteiger partial charge in [-0.25, -0.2) is 5.14 Å². The highest BCUT2D eigenvalue weighted by Crippen LogP contribution is 2.29. The molecule has 1 aromatic carbocycles. The number of nitrogens with two attached hydrogens (primary N) is 2. The fraction of sp³-hybridized carbons (Fsp3) is 0.417. The second-order valence-corrected chi connectivity index (χ2v) is 6.52. The zero-order valence-electron chi connectivity index (χ0n) is 11.5. The molecule has 1 fully saturated rings. The Morgan fingerprint density at radius 2 is 2.10 bits per heavy atom. The predicted molar refractivity (Wildman–Crippen MR) is 78.7 cm³/mol. The number of carbonyl (C=O) groups excluding carboxylic acids is 1. The zero-order valence-corrected chi connectivity index (χ0v) is 12.3. The summed E-state index contributed by atoms with van der Waals surface area (Å²) in [5.41, 5.74) is 5.77. The van der Waals surface area contributed by atoms with Crippen LogP contribution in [0.4, 0.5) is 11.4 Å². The van der Waals surface area contributed by atoms with Crippen LogP contribution in [0.2, 0.25) is 0 Å². The Bertz CT molecular complexity index is 648. The molecule has 0 aromatic heterocycles. The molecule has 2 rings (SSSR count). The van der Waals surface area contributed by atoms with Crippen LogP contribution < -0.4 is 20.9 Å². The van der Waals surface area contributed by atoms with E-state index in [1.807, 2.05) is 0 Å². The molecule has 21 heavy (non-hydrogen) atoms. The van der Waals surface area contributed by atoms with E-state index in [0.717, 1.165) is 0 Å².